The molecule has 1 heterocycles. The average molecular weight is 336 g/mol. The number of fused-ring (bicyclic) bond motifs is 1. The highest BCUT2D eigenvalue weighted by atomic mass is 35.5. The highest BCUT2D eigenvalue weighted by molar-refractivity contribution is 6.30. The quantitative estimate of drug-likeness (QED) is 0.736. The summed E-state index contributed by atoms with van der Waals surface area (Å²) < 4.78 is 1.79. The Bertz CT molecular complexity index is 995. The number of halogens is 1. The van der Waals surface area contributed by atoms with Crippen LogP contribution in [0.15, 0.2) is 54.7 Å². The lowest BCUT2D eigenvalue weighted by Gasteiger charge is -2.00. The fraction of sp³-hybridized carbons (Fsp3) is 0.0526. The van der Waals surface area contributed by atoms with E-state index in [1.54, 1.807) is 28.8 Å². The SMILES string of the molecule is N#C/C(=C/c1cn(CC(N)=O)c2ccccc12)c1cccc(Cl)c1. The van der Waals surface area contributed by atoms with Gasteiger partial charge in [0, 0.05) is 27.7 Å². The molecule has 3 rings (SSSR count). The molecule has 24 heavy (non-hydrogen) atoms. The Morgan fingerprint density at radius 3 is 2.75 bits per heavy atom. The topological polar surface area (TPSA) is 71.8 Å². The van der Waals surface area contributed by atoms with Gasteiger partial charge in [0.25, 0.3) is 0 Å². The van der Waals surface area contributed by atoms with E-state index >= 15 is 0 Å². The van der Waals surface area contributed by atoms with E-state index in [1.165, 1.54) is 0 Å². The van der Waals surface area contributed by atoms with Crippen molar-refractivity contribution in [2.24, 2.45) is 5.73 Å². The summed E-state index contributed by atoms with van der Waals surface area (Å²) in [4.78, 5) is 11.3. The van der Waals surface area contributed by atoms with Crippen LogP contribution in [0.2, 0.25) is 5.02 Å². The van der Waals surface area contributed by atoms with Crippen molar-refractivity contribution in [3.8, 4) is 6.07 Å². The summed E-state index contributed by atoms with van der Waals surface area (Å²) in [5.41, 5.74) is 8.31. The maximum absolute atomic E-state index is 11.3. The van der Waals surface area contributed by atoms with Crippen LogP contribution in [0, 0.1) is 11.3 Å². The predicted molar refractivity (Wildman–Crippen MR) is 96.1 cm³/mol. The number of benzene rings is 2. The predicted octanol–water partition coefficient (Wildman–Crippen LogP) is 3.84. The number of aromatic nitrogens is 1. The van der Waals surface area contributed by atoms with Crippen molar-refractivity contribution in [1.29, 1.82) is 5.26 Å². The zero-order valence-electron chi connectivity index (χ0n) is 12.7. The lowest BCUT2D eigenvalue weighted by molar-refractivity contribution is -0.118. The Labute approximate surface area is 144 Å². The average Bonchev–Trinajstić information content (AvgIpc) is 2.90. The summed E-state index contributed by atoms with van der Waals surface area (Å²) in [6.07, 6.45) is 3.63. The summed E-state index contributed by atoms with van der Waals surface area (Å²) in [5, 5.41) is 11.0. The minimum Gasteiger partial charge on any atom is -0.368 e. The zero-order valence-corrected chi connectivity index (χ0v) is 13.5. The molecular formula is C19H14ClN3O. The molecule has 5 heteroatoms. The van der Waals surface area contributed by atoms with E-state index in [0.29, 0.717) is 10.6 Å². The van der Waals surface area contributed by atoms with Crippen molar-refractivity contribution in [3.05, 3.63) is 70.9 Å². The molecule has 0 aliphatic heterocycles. The molecule has 4 nitrogen and oxygen atoms in total. The third-order valence-corrected chi connectivity index (χ3v) is 3.94. The number of nitriles is 1. The Balaban J connectivity index is 2.15. The zero-order chi connectivity index (χ0) is 17.1. The van der Waals surface area contributed by atoms with E-state index in [4.69, 9.17) is 17.3 Å². The van der Waals surface area contributed by atoms with Gasteiger partial charge in [0.15, 0.2) is 0 Å². The smallest absolute Gasteiger partial charge is 0.237 e. The maximum Gasteiger partial charge on any atom is 0.237 e. The van der Waals surface area contributed by atoms with E-state index in [9.17, 15) is 10.1 Å². The van der Waals surface area contributed by atoms with Gasteiger partial charge in [-0.25, -0.2) is 0 Å². The molecule has 0 radical (unpaired) electrons. The van der Waals surface area contributed by atoms with Crippen LogP contribution in [0.25, 0.3) is 22.6 Å². The largest absolute Gasteiger partial charge is 0.368 e. The number of allylic oxidation sites excluding steroid dienone is 1. The van der Waals surface area contributed by atoms with Gasteiger partial charge in [0.1, 0.15) is 6.54 Å². The first-order valence-electron chi connectivity index (χ1n) is 7.32. The molecule has 0 aliphatic rings. The second-order valence-corrected chi connectivity index (χ2v) is 5.81. The summed E-state index contributed by atoms with van der Waals surface area (Å²) in [5.74, 6) is -0.415. The van der Waals surface area contributed by atoms with Crippen molar-refractivity contribution >= 4 is 40.1 Å². The third-order valence-electron chi connectivity index (χ3n) is 3.70. The number of primary amides is 1. The van der Waals surface area contributed by atoms with Gasteiger partial charge in [-0.05, 0) is 29.8 Å². The molecule has 0 saturated heterocycles. The lowest BCUT2D eigenvalue weighted by Crippen LogP contribution is -2.17. The van der Waals surface area contributed by atoms with Crippen LogP contribution in [0.1, 0.15) is 11.1 Å². The molecule has 1 amide bonds. The molecule has 0 bridgehead atoms. The third kappa shape index (κ3) is 3.17. The number of hydrogen-bond donors (Lipinski definition) is 1. The van der Waals surface area contributed by atoms with Gasteiger partial charge >= 0.3 is 0 Å². The number of nitrogens with two attached hydrogens (primary N) is 1. The summed E-state index contributed by atoms with van der Waals surface area (Å²) in [6.45, 7) is 0.0907. The number of hydrogen-bond acceptors (Lipinski definition) is 2. The molecule has 0 spiro atoms. The molecule has 0 atom stereocenters. The highest BCUT2D eigenvalue weighted by Gasteiger charge is 2.10. The van der Waals surface area contributed by atoms with Gasteiger partial charge < -0.3 is 10.3 Å². The summed E-state index contributed by atoms with van der Waals surface area (Å²) in [7, 11) is 0. The van der Waals surface area contributed by atoms with Crippen molar-refractivity contribution in [3.63, 3.8) is 0 Å². The minimum absolute atomic E-state index is 0.0907. The van der Waals surface area contributed by atoms with Crippen LogP contribution in [0.5, 0.6) is 0 Å². The Morgan fingerprint density at radius 2 is 2.04 bits per heavy atom. The standard InChI is InChI=1S/C19H14ClN3O/c20-16-5-3-4-13(9-16)14(10-21)8-15-11-23(12-19(22)24)18-7-2-1-6-17(15)18/h1-9,11H,12H2,(H2,22,24)/b14-8-. The lowest BCUT2D eigenvalue weighted by atomic mass is 10.0. The molecule has 2 N–H and O–H groups in total. The fourth-order valence-electron chi connectivity index (χ4n) is 2.68. The van der Waals surface area contributed by atoms with Gasteiger partial charge in [-0.1, -0.05) is 41.9 Å². The van der Waals surface area contributed by atoms with Crippen molar-refractivity contribution < 1.29 is 4.79 Å². The van der Waals surface area contributed by atoms with E-state index in [0.717, 1.165) is 22.0 Å². The molecule has 2 aromatic carbocycles. The van der Waals surface area contributed by atoms with Crippen molar-refractivity contribution in [2.45, 2.75) is 6.54 Å². The fourth-order valence-corrected chi connectivity index (χ4v) is 2.87. The second kappa shape index (κ2) is 6.61. The van der Waals surface area contributed by atoms with E-state index in [2.05, 4.69) is 6.07 Å². The molecule has 1 aromatic heterocycles. The Hall–Kier alpha value is -3.03. The van der Waals surface area contributed by atoms with Gasteiger partial charge in [0.05, 0.1) is 11.6 Å². The summed E-state index contributed by atoms with van der Waals surface area (Å²) >= 11 is 6.01. The molecule has 0 aliphatic carbocycles. The number of para-hydroxylation sites is 1. The maximum atomic E-state index is 11.3. The van der Waals surface area contributed by atoms with Gasteiger partial charge in [0.2, 0.25) is 5.91 Å². The number of amides is 1. The van der Waals surface area contributed by atoms with Crippen LogP contribution >= 0.6 is 11.6 Å². The van der Waals surface area contributed by atoms with E-state index in [-0.39, 0.29) is 6.54 Å². The van der Waals surface area contributed by atoms with Crippen molar-refractivity contribution in [1.82, 2.24) is 4.57 Å². The molecule has 3 aromatic rings. The molecule has 0 fully saturated rings. The number of nitrogens with zero attached hydrogens (tertiary/aromatic N) is 2. The van der Waals surface area contributed by atoms with Crippen LogP contribution in [-0.2, 0) is 11.3 Å². The molecule has 118 valence electrons. The van der Waals surface area contributed by atoms with Gasteiger partial charge in [-0.15, -0.1) is 0 Å². The molecule has 0 unspecified atom stereocenters. The first-order valence-corrected chi connectivity index (χ1v) is 7.70. The van der Waals surface area contributed by atoms with Gasteiger partial charge in [-0.2, -0.15) is 5.26 Å². The van der Waals surface area contributed by atoms with Crippen LogP contribution in [0.3, 0.4) is 0 Å². The number of carbonyl (C=O) groups is 1. The minimum atomic E-state index is -0.415. The van der Waals surface area contributed by atoms with Crippen molar-refractivity contribution in [2.75, 3.05) is 0 Å². The van der Waals surface area contributed by atoms with E-state index < -0.39 is 5.91 Å². The van der Waals surface area contributed by atoms with Gasteiger partial charge in [-0.3, -0.25) is 4.79 Å². The Morgan fingerprint density at radius 1 is 1.25 bits per heavy atom. The van der Waals surface area contributed by atoms with E-state index in [1.807, 2.05) is 36.5 Å². The molecule has 0 saturated carbocycles. The second-order valence-electron chi connectivity index (χ2n) is 5.38. The monoisotopic (exact) mass is 335 g/mol. The first kappa shape index (κ1) is 15.9. The Kier molecular flexibility index (Phi) is 4.37. The number of rotatable bonds is 4. The van der Waals surface area contributed by atoms with Crippen LogP contribution in [0.4, 0.5) is 0 Å². The van der Waals surface area contributed by atoms with Crippen LogP contribution in [-0.4, -0.2) is 10.5 Å². The highest BCUT2D eigenvalue weighted by Crippen LogP contribution is 2.27. The summed E-state index contributed by atoms with van der Waals surface area (Å²) in [6, 6.07) is 17.0. The first-order chi connectivity index (χ1) is 11.6. The number of carbonyl (C=O) groups excluding carboxylic acids is 1. The normalized spacial score (nSPS) is 11.4. The van der Waals surface area contributed by atoms with Crippen LogP contribution < -0.4 is 5.73 Å². The molecular weight excluding hydrogens is 322 g/mol.